The molecule has 1 aromatic heterocycles. The van der Waals surface area contributed by atoms with E-state index in [-0.39, 0.29) is 17.1 Å². The number of aromatic nitrogens is 2. The highest BCUT2D eigenvalue weighted by atomic mass is 35.5. The van der Waals surface area contributed by atoms with E-state index < -0.39 is 17.4 Å². The largest absolute Gasteiger partial charge is 0.497 e. The number of hydrogen-bond acceptors (Lipinski definition) is 4. The molecule has 0 bridgehead atoms. The Balaban J connectivity index is 2.38. The van der Waals surface area contributed by atoms with Crippen molar-refractivity contribution in [1.82, 2.24) is 9.97 Å². The highest BCUT2D eigenvalue weighted by molar-refractivity contribution is 6.31. The van der Waals surface area contributed by atoms with Crippen molar-refractivity contribution in [3.05, 3.63) is 57.2 Å². The van der Waals surface area contributed by atoms with Crippen LogP contribution in [0.4, 0.5) is 0 Å². The molecule has 2 N–H and O–H groups in total. The summed E-state index contributed by atoms with van der Waals surface area (Å²) >= 11 is 5.86. The predicted molar refractivity (Wildman–Crippen MR) is 76.9 cm³/mol. The zero-order valence-corrected chi connectivity index (χ0v) is 11.9. The van der Waals surface area contributed by atoms with Crippen LogP contribution < -0.4 is 10.3 Å². The molecule has 2 rings (SSSR count). The highest BCUT2D eigenvalue weighted by Crippen LogP contribution is 2.25. The number of methoxy groups -OCH3 is 1. The number of carbonyl (C=O) groups is 1. The summed E-state index contributed by atoms with van der Waals surface area (Å²) < 4.78 is 5.10. The van der Waals surface area contributed by atoms with Crippen LogP contribution in [-0.4, -0.2) is 28.2 Å². The average molecular weight is 309 g/mol. The molecule has 0 amide bonds. The second-order valence-corrected chi connectivity index (χ2v) is 4.76. The molecule has 2 aromatic rings. The summed E-state index contributed by atoms with van der Waals surface area (Å²) in [5.41, 5.74) is 0.245. The summed E-state index contributed by atoms with van der Waals surface area (Å²) in [6, 6.07) is 7.04. The molecular formula is C14H13ClN2O4. The van der Waals surface area contributed by atoms with Gasteiger partial charge in [-0.15, -0.1) is 0 Å². The minimum absolute atomic E-state index is 0.0516. The summed E-state index contributed by atoms with van der Waals surface area (Å²) in [5, 5.41) is 9.19. The van der Waals surface area contributed by atoms with Gasteiger partial charge in [0.15, 0.2) is 0 Å². The minimum Gasteiger partial charge on any atom is -0.497 e. The lowest BCUT2D eigenvalue weighted by atomic mass is 9.96. The van der Waals surface area contributed by atoms with E-state index in [1.165, 1.54) is 7.11 Å². The van der Waals surface area contributed by atoms with Gasteiger partial charge in [-0.1, -0.05) is 23.7 Å². The number of halogens is 1. The number of nitrogens with one attached hydrogen (secondary N) is 1. The van der Waals surface area contributed by atoms with Crippen molar-refractivity contribution >= 4 is 17.6 Å². The van der Waals surface area contributed by atoms with Crippen LogP contribution in [-0.2, 0) is 11.2 Å². The van der Waals surface area contributed by atoms with Crippen molar-refractivity contribution < 1.29 is 14.6 Å². The van der Waals surface area contributed by atoms with E-state index in [0.717, 1.165) is 11.9 Å². The van der Waals surface area contributed by atoms with E-state index in [4.69, 9.17) is 16.3 Å². The normalized spacial score (nSPS) is 11.9. The Morgan fingerprint density at radius 3 is 2.95 bits per heavy atom. The van der Waals surface area contributed by atoms with Crippen LogP contribution in [0.1, 0.15) is 17.2 Å². The molecule has 7 heteroatoms. The van der Waals surface area contributed by atoms with E-state index in [9.17, 15) is 14.7 Å². The Morgan fingerprint density at radius 1 is 1.52 bits per heavy atom. The van der Waals surface area contributed by atoms with Gasteiger partial charge < -0.3 is 14.8 Å². The van der Waals surface area contributed by atoms with Crippen molar-refractivity contribution in [2.75, 3.05) is 7.11 Å². The van der Waals surface area contributed by atoms with Crippen LogP contribution in [0.25, 0.3) is 0 Å². The molecule has 0 aliphatic heterocycles. The van der Waals surface area contributed by atoms with E-state index in [2.05, 4.69) is 9.97 Å². The smallest absolute Gasteiger partial charge is 0.312 e. The maximum atomic E-state index is 11.5. The van der Waals surface area contributed by atoms with Gasteiger partial charge in [-0.25, -0.2) is 4.98 Å². The molecule has 21 heavy (non-hydrogen) atoms. The third-order valence-electron chi connectivity index (χ3n) is 3.03. The van der Waals surface area contributed by atoms with Gasteiger partial charge in [0.1, 0.15) is 16.7 Å². The van der Waals surface area contributed by atoms with Gasteiger partial charge in [0, 0.05) is 0 Å². The molecule has 0 spiro atoms. The summed E-state index contributed by atoms with van der Waals surface area (Å²) in [6.45, 7) is 0. The molecule has 6 nitrogen and oxygen atoms in total. The van der Waals surface area contributed by atoms with Gasteiger partial charge in [-0.05, 0) is 24.1 Å². The number of aliphatic carboxylic acids is 1. The van der Waals surface area contributed by atoms with Gasteiger partial charge in [0.05, 0.1) is 19.1 Å². The number of carboxylic acids is 1. The van der Waals surface area contributed by atoms with Crippen molar-refractivity contribution in [2.45, 2.75) is 12.3 Å². The van der Waals surface area contributed by atoms with Gasteiger partial charge in [0.25, 0.3) is 5.56 Å². The number of aromatic amines is 1. The maximum Gasteiger partial charge on any atom is 0.312 e. The van der Waals surface area contributed by atoms with Crippen molar-refractivity contribution in [1.29, 1.82) is 0 Å². The standard InChI is InChI=1S/C14H13ClN2O4/c1-21-9-4-2-3-8(5-9)6-10(14(19)20)12-11(15)13(18)17-7-16-12/h2-5,7,10H,6H2,1H3,(H,19,20)(H,16,17,18). The van der Waals surface area contributed by atoms with Gasteiger partial charge in [-0.2, -0.15) is 0 Å². The third kappa shape index (κ3) is 3.41. The fourth-order valence-electron chi connectivity index (χ4n) is 1.98. The molecule has 1 heterocycles. The van der Waals surface area contributed by atoms with E-state index in [1.54, 1.807) is 24.3 Å². The van der Waals surface area contributed by atoms with Crippen molar-refractivity contribution in [2.24, 2.45) is 0 Å². The number of rotatable bonds is 5. The van der Waals surface area contributed by atoms with Crippen LogP contribution in [0.3, 0.4) is 0 Å². The number of nitrogens with zero attached hydrogens (tertiary/aromatic N) is 1. The highest BCUT2D eigenvalue weighted by Gasteiger charge is 2.25. The van der Waals surface area contributed by atoms with Crippen LogP contribution in [0.2, 0.25) is 5.02 Å². The molecule has 0 aliphatic carbocycles. The molecule has 0 saturated carbocycles. The molecular weight excluding hydrogens is 296 g/mol. The molecule has 1 aromatic carbocycles. The molecule has 0 fully saturated rings. The quantitative estimate of drug-likeness (QED) is 0.879. The number of hydrogen-bond donors (Lipinski definition) is 2. The Labute approximate surface area is 125 Å². The molecule has 1 atom stereocenters. The molecule has 1 unspecified atom stereocenters. The summed E-state index contributed by atoms with van der Waals surface area (Å²) in [7, 11) is 1.53. The minimum atomic E-state index is -1.10. The first kappa shape index (κ1) is 15.1. The Kier molecular flexibility index (Phi) is 4.59. The van der Waals surface area contributed by atoms with E-state index in [0.29, 0.717) is 5.75 Å². The van der Waals surface area contributed by atoms with Crippen molar-refractivity contribution in [3.63, 3.8) is 0 Å². The second kappa shape index (κ2) is 6.41. The van der Waals surface area contributed by atoms with Gasteiger partial charge in [0.2, 0.25) is 0 Å². The average Bonchev–Trinajstić information content (AvgIpc) is 2.48. The van der Waals surface area contributed by atoms with Gasteiger partial charge in [-0.3, -0.25) is 9.59 Å². The first-order valence-electron chi connectivity index (χ1n) is 6.11. The second-order valence-electron chi connectivity index (χ2n) is 4.38. The topological polar surface area (TPSA) is 92.3 Å². The summed E-state index contributed by atoms with van der Waals surface area (Å²) in [5.74, 6) is -1.48. The number of carboxylic acid groups (broad SMARTS) is 1. The monoisotopic (exact) mass is 308 g/mol. The summed E-state index contributed by atoms with van der Waals surface area (Å²) in [6.07, 6.45) is 1.30. The Bertz CT molecular complexity index is 714. The first-order chi connectivity index (χ1) is 10.0. The first-order valence-corrected chi connectivity index (χ1v) is 6.49. The maximum absolute atomic E-state index is 11.5. The molecule has 0 radical (unpaired) electrons. The predicted octanol–water partition coefficient (Wildman–Crippen LogP) is 1.84. The van der Waals surface area contributed by atoms with E-state index >= 15 is 0 Å². The lowest BCUT2D eigenvalue weighted by Gasteiger charge is -2.13. The molecule has 0 aliphatic rings. The van der Waals surface area contributed by atoms with Gasteiger partial charge >= 0.3 is 5.97 Å². The SMILES string of the molecule is COc1cccc(CC(C(=O)O)c2nc[nH]c(=O)c2Cl)c1. The van der Waals surface area contributed by atoms with E-state index in [1.807, 2.05) is 0 Å². The zero-order valence-electron chi connectivity index (χ0n) is 11.2. The van der Waals surface area contributed by atoms with Crippen LogP contribution in [0.15, 0.2) is 35.4 Å². The lowest BCUT2D eigenvalue weighted by Crippen LogP contribution is -2.20. The third-order valence-corrected chi connectivity index (χ3v) is 3.39. The number of benzene rings is 1. The zero-order chi connectivity index (χ0) is 15.4. The molecule has 0 saturated heterocycles. The molecule has 110 valence electrons. The fourth-order valence-corrected chi connectivity index (χ4v) is 2.21. The van der Waals surface area contributed by atoms with Crippen LogP contribution >= 0.6 is 11.6 Å². The Hall–Kier alpha value is -2.34. The van der Waals surface area contributed by atoms with Crippen LogP contribution in [0, 0.1) is 0 Å². The van der Waals surface area contributed by atoms with Crippen molar-refractivity contribution in [3.8, 4) is 5.75 Å². The number of ether oxygens (including phenoxy) is 1. The Morgan fingerprint density at radius 2 is 2.29 bits per heavy atom. The number of H-pyrrole nitrogens is 1. The fraction of sp³-hybridized carbons (Fsp3) is 0.214. The van der Waals surface area contributed by atoms with Crippen LogP contribution in [0.5, 0.6) is 5.75 Å². The summed E-state index contributed by atoms with van der Waals surface area (Å²) in [4.78, 5) is 29.2. The lowest BCUT2D eigenvalue weighted by molar-refractivity contribution is -0.138.